The fraction of sp³-hybridized carbons (Fsp3) is 0.963. The number of rotatable bonds is 8. The molecule has 0 N–H and O–H groups in total. The van der Waals surface area contributed by atoms with Crippen LogP contribution < -0.4 is 0 Å². The zero-order valence-corrected chi connectivity index (χ0v) is 36.7. The van der Waals surface area contributed by atoms with Crippen LogP contribution in [-0.2, 0) is 0 Å². The van der Waals surface area contributed by atoms with E-state index >= 15 is 0 Å². The number of hydrogen-bond acceptors (Lipinski definition) is 2. The van der Waals surface area contributed by atoms with Gasteiger partial charge in [0.1, 0.15) is 0 Å². The zero-order valence-electron chi connectivity index (χ0n) is 36.7. The van der Waals surface area contributed by atoms with Gasteiger partial charge in [-0.05, 0) is 188 Å². The second-order valence-corrected chi connectivity index (χ2v) is 23.2. The van der Waals surface area contributed by atoms with Gasteiger partial charge in [-0.15, -0.1) is 0 Å². The molecule has 316 valence electrons. The number of hydrogen-bond donors (Lipinski definition) is 0. The summed E-state index contributed by atoms with van der Waals surface area (Å²) in [5, 5.41) is 0. The topological polar surface area (TPSA) is 6.48 Å². The molecular weight excluding hydrogens is 677 g/mol. The Morgan fingerprint density at radius 3 is 0.946 bits per heavy atom. The molecule has 0 saturated heterocycles. The van der Waals surface area contributed by atoms with Crippen LogP contribution in [0.2, 0.25) is 0 Å². The van der Waals surface area contributed by atoms with E-state index in [9.17, 15) is 0 Å². The number of fused-ring (bicyclic) bond motifs is 6. The standard InChI is InChI=1S/C54H90N2/c1-3-17-43(18-4-1)55(53-37-41-15-7-9-21-47(41)49-23-11-13-25-51(49)53)45-33-29-39(30-34-45)27-28-40-31-35-46(36-32-40)56(44-19-5-2-6-20-44)54-38-42-16-8-10-22-48(42)50-24-12-14-26-52(50)54/h27-28,39-54H,1-26,29-38H2/b28-27+. The lowest BCUT2D eigenvalue weighted by atomic mass is 9.55. The quantitative estimate of drug-likeness (QED) is 0.227. The summed E-state index contributed by atoms with van der Waals surface area (Å²) in [5.41, 5.74) is 0. The molecule has 0 amide bonds. The second-order valence-electron chi connectivity index (χ2n) is 23.2. The molecule has 0 aromatic carbocycles. The minimum atomic E-state index is 0.862. The van der Waals surface area contributed by atoms with Crippen LogP contribution in [0.4, 0.5) is 0 Å². The van der Waals surface area contributed by atoms with Crippen LogP contribution in [0.15, 0.2) is 12.2 Å². The van der Waals surface area contributed by atoms with Crippen LogP contribution >= 0.6 is 0 Å². The molecule has 0 radical (unpaired) electrons. The minimum absolute atomic E-state index is 0.862. The van der Waals surface area contributed by atoms with Crippen molar-refractivity contribution >= 4 is 0 Å². The number of nitrogens with zero attached hydrogens (tertiary/aromatic N) is 2. The van der Waals surface area contributed by atoms with Crippen molar-refractivity contribution < 1.29 is 0 Å². The summed E-state index contributed by atoms with van der Waals surface area (Å²) >= 11 is 0. The van der Waals surface area contributed by atoms with Crippen molar-refractivity contribution in [1.82, 2.24) is 9.80 Å². The van der Waals surface area contributed by atoms with Crippen molar-refractivity contribution in [3.8, 4) is 0 Å². The third kappa shape index (κ3) is 8.46. The maximum absolute atomic E-state index is 3.36. The molecule has 0 aliphatic heterocycles. The summed E-state index contributed by atoms with van der Waals surface area (Å²) in [7, 11) is 0. The van der Waals surface area contributed by atoms with Gasteiger partial charge in [0.15, 0.2) is 0 Å². The molecule has 0 bridgehead atoms. The predicted molar refractivity (Wildman–Crippen MR) is 237 cm³/mol. The highest BCUT2D eigenvalue weighted by atomic mass is 15.2. The summed E-state index contributed by atoms with van der Waals surface area (Å²) in [4.78, 5) is 6.73. The van der Waals surface area contributed by atoms with Crippen molar-refractivity contribution in [2.24, 2.45) is 59.2 Å². The van der Waals surface area contributed by atoms with Crippen molar-refractivity contribution in [3.63, 3.8) is 0 Å². The van der Waals surface area contributed by atoms with Gasteiger partial charge in [-0.25, -0.2) is 0 Å². The molecule has 10 fully saturated rings. The average molecular weight is 767 g/mol. The molecular formula is C54H90N2. The van der Waals surface area contributed by atoms with Gasteiger partial charge in [-0.1, -0.05) is 115 Å². The van der Waals surface area contributed by atoms with Gasteiger partial charge in [0.25, 0.3) is 0 Å². The molecule has 0 aromatic heterocycles. The van der Waals surface area contributed by atoms with Crippen molar-refractivity contribution in [3.05, 3.63) is 12.2 Å². The molecule has 2 nitrogen and oxygen atoms in total. The first-order chi connectivity index (χ1) is 27.8. The van der Waals surface area contributed by atoms with Gasteiger partial charge in [0.2, 0.25) is 0 Å². The lowest BCUT2D eigenvalue weighted by Gasteiger charge is -2.58. The van der Waals surface area contributed by atoms with Crippen LogP contribution in [-0.4, -0.2) is 46.1 Å². The monoisotopic (exact) mass is 767 g/mol. The molecule has 10 atom stereocenters. The fourth-order valence-electron chi connectivity index (χ4n) is 18.2. The summed E-state index contributed by atoms with van der Waals surface area (Å²) in [5.74, 6) is 10.3. The van der Waals surface area contributed by atoms with E-state index in [1.165, 1.54) is 141 Å². The van der Waals surface area contributed by atoms with Crippen molar-refractivity contribution in [2.45, 2.75) is 267 Å². The van der Waals surface area contributed by atoms with Crippen LogP contribution in [0.25, 0.3) is 0 Å². The highest BCUT2D eigenvalue weighted by molar-refractivity contribution is 5.06. The van der Waals surface area contributed by atoms with Gasteiger partial charge < -0.3 is 0 Å². The van der Waals surface area contributed by atoms with Crippen molar-refractivity contribution in [2.75, 3.05) is 0 Å². The Morgan fingerprint density at radius 2 is 0.554 bits per heavy atom. The Balaban J connectivity index is 0.775. The maximum Gasteiger partial charge on any atom is 0.0135 e. The van der Waals surface area contributed by atoms with Crippen LogP contribution in [0, 0.1) is 59.2 Å². The van der Waals surface area contributed by atoms with E-state index in [4.69, 9.17) is 0 Å². The van der Waals surface area contributed by atoms with E-state index in [1.807, 2.05) is 0 Å². The molecule has 0 aromatic rings. The van der Waals surface area contributed by atoms with Gasteiger partial charge >= 0.3 is 0 Å². The van der Waals surface area contributed by atoms with Gasteiger partial charge in [0, 0.05) is 36.3 Å². The van der Waals surface area contributed by atoms with Crippen LogP contribution in [0.5, 0.6) is 0 Å². The van der Waals surface area contributed by atoms with E-state index in [1.54, 1.807) is 89.9 Å². The van der Waals surface area contributed by atoms with E-state index in [-0.39, 0.29) is 0 Å². The lowest BCUT2D eigenvalue weighted by Crippen LogP contribution is -2.59. The molecule has 2 heteroatoms. The summed E-state index contributed by atoms with van der Waals surface area (Å²) in [6.45, 7) is 0. The molecule has 0 spiro atoms. The summed E-state index contributed by atoms with van der Waals surface area (Å²) in [6, 6.07) is 5.49. The summed E-state index contributed by atoms with van der Waals surface area (Å²) in [6.07, 6.45) is 60.8. The van der Waals surface area contributed by atoms with Gasteiger partial charge in [-0.2, -0.15) is 0 Å². The molecule has 10 aliphatic carbocycles. The van der Waals surface area contributed by atoms with E-state index in [0.717, 1.165) is 95.4 Å². The van der Waals surface area contributed by atoms with Gasteiger partial charge in [0.05, 0.1) is 0 Å². The Bertz CT molecular complexity index is 1130. The predicted octanol–water partition coefficient (Wildman–Crippen LogP) is 14.7. The third-order valence-electron chi connectivity index (χ3n) is 20.6. The third-order valence-corrected chi connectivity index (χ3v) is 20.6. The first-order valence-electron chi connectivity index (χ1n) is 27.0. The fourth-order valence-corrected chi connectivity index (χ4v) is 18.2. The highest BCUT2D eigenvalue weighted by Gasteiger charge is 2.51. The van der Waals surface area contributed by atoms with E-state index < -0.39 is 0 Å². The van der Waals surface area contributed by atoms with E-state index in [0.29, 0.717) is 0 Å². The first kappa shape index (κ1) is 39.8. The highest BCUT2D eigenvalue weighted by Crippen LogP contribution is 2.56. The molecule has 10 rings (SSSR count). The van der Waals surface area contributed by atoms with Crippen molar-refractivity contribution in [1.29, 1.82) is 0 Å². The molecule has 56 heavy (non-hydrogen) atoms. The Hall–Kier alpha value is -0.340. The average Bonchev–Trinajstić information content (AvgIpc) is 3.27. The summed E-state index contributed by atoms with van der Waals surface area (Å²) < 4.78 is 0. The zero-order chi connectivity index (χ0) is 37.3. The normalized spacial score (nSPS) is 45.9. The Kier molecular flexibility index (Phi) is 13.3. The largest absolute Gasteiger partial charge is 0.294 e. The second kappa shape index (κ2) is 18.7. The Labute approximate surface area is 347 Å². The first-order valence-corrected chi connectivity index (χ1v) is 27.0. The minimum Gasteiger partial charge on any atom is -0.294 e. The Morgan fingerprint density at radius 1 is 0.250 bits per heavy atom. The van der Waals surface area contributed by atoms with E-state index in [2.05, 4.69) is 22.0 Å². The number of allylic oxidation sites excluding steroid dienone is 2. The smallest absolute Gasteiger partial charge is 0.0135 e. The molecule has 10 aliphatic rings. The maximum atomic E-state index is 3.36. The van der Waals surface area contributed by atoms with Crippen LogP contribution in [0.1, 0.15) is 231 Å². The lowest BCUT2D eigenvalue weighted by molar-refractivity contribution is -0.0809. The molecule has 10 unspecified atom stereocenters. The molecule has 10 saturated carbocycles. The van der Waals surface area contributed by atoms with Crippen LogP contribution in [0.3, 0.4) is 0 Å². The van der Waals surface area contributed by atoms with Gasteiger partial charge in [-0.3, -0.25) is 9.80 Å². The molecule has 0 heterocycles. The SMILES string of the molecule is C(=C\C1CCC(N(C2CCCCC2)C2CC3CCCCC3C3CCCCC32)CC1)/C1CCC(N(C2CCCCC2)C2CC3CCCCC3C3CCCCC32)CC1.